The van der Waals surface area contributed by atoms with Crippen molar-refractivity contribution in [3.05, 3.63) is 58.6 Å². The monoisotopic (exact) mass is 413 g/mol. The first-order valence-corrected chi connectivity index (χ1v) is 10.6. The Morgan fingerprint density at radius 1 is 1.12 bits per heavy atom. The zero-order valence-corrected chi connectivity index (χ0v) is 16.1. The molecule has 1 fully saturated rings. The second-order valence-electron chi connectivity index (χ2n) is 6.02. The zero-order chi connectivity index (χ0) is 18.7. The molecule has 2 aromatic rings. The first-order chi connectivity index (χ1) is 12.4. The maximum absolute atomic E-state index is 12.8. The van der Waals surface area contributed by atoms with Crippen LogP contribution in [-0.2, 0) is 14.6 Å². The minimum Gasteiger partial charge on any atom is -0.484 e. The Labute approximate surface area is 162 Å². The minimum atomic E-state index is -3.13. The Morgan fingerprint density at radius 3 is 2.46 bits per heavy atom. The van der Waals surface area contributed by atoms with Crippen LogP contribution in [0.25, 0.3) is 0 Å². The number of rotatable bonds is 5. The lowest BCUT2D eigenvalue weighted by molar-refractivity contribution is -0.121. The molecule has 5 nitrogen and oxygen atoms in total. The summed E-state index contributed by atoms with van der Waals surface area (Å²) in [5.74, 6) is 0.145. The second kappa shape index (κ2) is 7.86. The Kier molecular flexibility index (Phi) is 5.75. The van der Waals surface area contributed by atoms with Gasteiger partial charge in [-0.1, -0.05) is 41.4 Å². The molecule has 0 aliphatic carbocycles. The Morgan fingerprint density at radius 2 is 1.85 bits per heavy atom. The van der Waals surface area contributed by atoms with Crippen molar-refractivity contribution in [2.24, 2.45) is 0 Å². The number of hydrogen-bond donors (Lipinski definition) is 0. The van der Waals surface area contributed by atoms with Crippen LogP contribution in [0.1, 0.15) is 6.42 Å². The van der Waals surface area contributed by atoms with E-state index in [9.17, 15) is 13.2 Å². The fraction of sp³-hybridized carbons (Fsp3) is 0.278. The van der Waals surface area contributed by atoms with E-state index in [1.54, 1.807) is 36.4 Å². The third kappa shape index (κ3) is 4.50. The van der Waals surface area contributed by atoms with Gasteiger partial charge in [-0.05, 0) is 30.7 Å². The molecule has 1 aliphatic rings. The van der Waals surface area contributed by atoms with Crippen LogP contribution in [0, 0.1) is 0 Å². The molecule has 0 N–H and O–H groups in total. The molecule has 1 amide bonds. The lowest BCUT2D eigenvalue weighted by Crippen LogP contribution is -2.43. The standard InChI is InChI=1S/C18H17Cl2NO4S/c19-16-7-6-15(10-17(16)20)25-11-18(22)21(13-4-2-1-3-5-13)14-8-9-26(23,24)12-14/h1-7,10,14H,8-9,11-12H2. The largest absolute Gasteiger partial charge is 0.484 e. The fourth-order valence-corrected chi connectivity index (χ4v) is 4.90. The molecule has 0 bridgehead atoms. The van der Waals surface area contributed by atoms with Crippen LogP contribution in [-0.4, -0.2) is 38.5 Å². The van der Waals surface area contributed by atoms with E-state index >= 15 is 0 Å². The van der Waals surface area contributed by atoms with Gasteiger partial charge < -0.3 is 9.64 Å². The summed E-state index contributed by atoms with van der Waals surface area (Å²) in [7, 11) is -3.13. The highest BCUT2D eigenvalue weighted by Gasteiger charge is 2.35. The Balaban J connectivity index is 1.78. The van der Waals surface area contributed by atoms with Crippen molar-refractivity contribution in [1.29, 1.82) is 0 Å². The molecule has 0 radical (unpaired) electrons. The van der Waals surface area contributed by atoms with Gasteiger partial charge in [0.2, 0.25) is 0 Å². The van der Waals surface area contributed by atoms with E-state index in [2.05, 4.69) is 0 Å². The molecule has 1 aliphatic heterocycles. The lowest BCUT2D eigenvalue weighted by Gasteiger charge is -2.28. The van der Waals surface area contributed by atoms with E-state index in [0.29, 0.717) is 27.9 Å². The summed E-state index contributed by atoms with van der Waals surface area (Å²) in [4.78, 5) is 14.3. The first kappa shape index (κ1) is 19.0. The maximum atomic E-state index is 12.8. The fourth-order valence-electron chi connectivity index (χ4n) is 2.91. The number of nitrogens with zero attached hydrogens (tertiary/aromatic N) is 1. The third-order valence-electron chi connectivity index (χ3n) is 4.13. The quantitative estimate of drug-likeness (QED) is 0.750. The van der Waals surface area contributed by atoms with E-state index in [0.717, 1.165) is 0 Å². The van der Waals surface area contributed by atoms with Gasteiger partial charge in [0.25, 0.3) is 5.91 Å². The van der Waals surface area contributed by atoms with Crippen molar-refractivity contribution in [2.45, 2.75) is 12.5 Å². The summed E-state index contributed by atoms with van der Waals surface area (Å²) < 4.78 is 29.2. The molecule has 1 heterocycles. The van der Waals surface area contributed by atoms with Gasteiger partial charge in [0, 0.05) is 11.8 Å². The number of benzene rings is 2. The normalized spacial score (nSPS) is 18.5. The SMILES string of the molecule is O=C(COc1ccc(Cl)c(Cl)c1)N(c1ccccc1)C1CCS(=O)(=O)C1. The van der Waals surface area contributed by atoms with E-state index in [1.165, 1.54) is 11.0 Å². The summed E-state index contributed by atoms with van der Waals surface area (Å²) >= 11 is 11.8. The number of hydrogen-bond acceptors (Lipinski definition) is 4. The van der Waals surface area contributed by atoms with E-state index in [1.807, 2.05) is 6.07 Å². The number of amides is 1. The topological polar surface area (TPSA) is 63.7 Å². The van der Waals surface area contributed by atoms with Crippen molar-refractivity contribution in [2.75, 3.05) is 23.0 Å². The summed E-state index contributed by atoms with van der Waals surface area (Å²) in [5, 5.41) is 0.728. The van der Waals surface area contributed by atoms with Crippen molar-refractivity contribution < 1.29 is 17.9 Å². The van der Waals surface area contributed by atoms with E-state index < -0.39 is 15.9 Å². The van der Waals surface area contributed by atoms with Gasteiger partial charge in [0.15, 0.2) is 16.4 Å². The van der Waals surface area contributed by atoms with Gasteiger partial charge in [0.05, 0.1) is 27.6 Å². The number of halogens is 2. The van der Waals surface area contributed by atoms with Crippen LogP contribution in [0.5, 0.6) is 5.75 Å². The van der Waals surface area contributed by atoms with E-state index in [-0.39, 0.29) is 24.0 Å². The van der Waals surface area contributed by atoms with Crippen LogP contribution in [0.15, 0.2) is 48.5 Å². The van der Waals surface area contributed by atoms with Crippen LogP contribution in [0.4, 0.5) is 5.69 Å². The van der Waals surface area contributed by atoms with Crippen molar-refractivity contribution in [3.8, 4) is 5.75 Å². The molecule has 0 saturated carbocycles. The van der Waals surface area contributed by atoms with Gasteiger partial charge in [-0.15, -0.1) is 0 Å². The van der Waals surface area contributed by atoms with E-state index in [4.69, 9.17) is 27.9 Å². The molecule has 8 heteroatoms. The van der Waals surface area contributed by atoms with Gasteiger partial charge in [-0.2, -0.15) is 0 Å². The maximum Gasteiger partial charge on any atom is 0.265 e. The molecule has 0 aromatic heterocycles. The second-order valence-corrected chi connectivity index (χ2v) is 9.06. The molecule has 138 valence electrons. The van der Waals surface area contributed by atoms with Crippen molar-refractivity contribution in [1.82, 2.24) is 0 Å². The molecule has 2 aromatic carbocycles. The number of carbonyl (C=O) groups excluding carboxylic acids is 1. The average Bonchev–Trinajstić information content (AvgIpc) is 2.96. The highest BCUT2D eigenvalue weighted by molar-refractivity contribution is 7.91. The highest BCUT2D eigenvalue weighted by Crippen LogP contribution is 2.27. The van der Waals surface area contributed by atoms with Gasteiger partial charge in [0.1, 0.15) is 5.75 Å². The third-order valence-corrected chi connectivity index (χ3v) is 6.62. The molecular weight excluding hydrogens is 397 g/mol. The molecule has 1 unspecified atom stereocenters. The van der Waals surface area contributed by atoms with Gasteiger partial charge in [-0.3, -0.25) is 4.79 Å². The predicted molar refractivity (Wildman–Crippen MR) is 103 cm³/mol. The number of ether oxygens (including phenoxy) is 1. The lowest BCUT2D eigenvalue weighted by atomic mass is 10.2. The predicted octanol–water partition coefficient (Wildman–Crippen LogP) is 3.59. The number of carbonyl (C=O) groups is 1. The van der Waals surface area contributed by atoms with Gasteiger partial charge >= 0.3 is 0 Å². The smallest absolute Gasteiger partial charge is 0.265 e. The molecule has 1 saturated heterocycles. The highest BCUT2D eigenvalue weighted by atomic mass is 35.5. The summed E-state index contributed by atoms with van der Waals surface area (Å²) in [5.41, 5.74) is 0.650. The Bertz CT molecular complexity index is 903. The van der Waals surface area contributed by atoms with Crippen LogP contribution in [0.3, 0.4) is 0 Å². The number of para-hydroxylation sites is 1. The van der Waals surface area contributed by atoms with Gasteiger partial charge in [-0.25, -0.2) is 8.42 Å². The molecule has 26 heavy (non-hydrogen) atoms. The Hall–Kier alpha value is -1.76. The summed E-state index contributed by atoms with van der Waals surface area (Å²) in [6, 6.07) is 13.3. The number of sulfone groups is 1. The number of anilines is 1. The van der Waals surface area contributed by atoms with Crippen LogP contribution < -0.4 is 9.64 Å². The minimum absolute atomic E-state index is 0.0413. The first-order valence-electron chi connectivity index (χ1n) is 8.01. The van der Waals surface area contributed by atoms with Crippen molar-refractivity contribution in [3.63, 3.8) is 0 Å². The zero-order valence-electron chi connectivity index (χ0n) is 13.8. The van der Waals surface area contributed by atoms with Crippen LogP contribution >= 0.6 is 23.2 Å². The molecule has 3 rings (SSSR count). The van der Waals surface area contributed by atoms with Crippen molar-refractivity contribution >= 4 is 44.6 Å². The average molecular weight is 414 g/mol. The summed E-state index contributed by atoms with van der Waals surface area (Å²) in [6.45, 7) is -0.233. The summed E-state index contributed by atoms with van der Waals surface area (Å²) in [6.07, 6.45) is 0.412. The molecular formula is C18H17Cl2NO4S. The van der Waals surface area contributed by atoms with Crippen LogP contribution in [0.2, 0.25) is 10.0 Å². The molecule has 1 atom stereocenters. The molecule has 0 spiro atoms.